The van der Waals surface area contributed by atoms with Crippen LogP contribution in [-0.4, -0.2) is 75.4 Å². The van der Waals surface area contributed by atoms with Gasteiger partial charge in [0.15, 0.2) is 5.79 Å². The van der Waals surface area contributed by atoms with E-state index in [1.54, 1.807) is 20.8 Å². The lowest BCUT2D eigenvalue weighted by molar-refractivity contribution is -0.176. The minimum absolute atomic E-state index is 0.316. The molecule has 0 rings (SSSR count). The Morgan fingerprint density at radius 3 is 1.73 bits per heavy atom. The Morgan fingerprint density at radius 1 is 0.867 bits per heavy atom. The highest BCUT2D eigenvalue weighted by Gasteiger charge is 2.21. The van der Waals surface area contributed by atoms with Crippen molar-refractivity contribution in [1.82, 2.24) is 0 Å². The van der Waals surface area contributed by atoms with Gasteiger partial charge in [0.05, 0.1) is 24.4 Å². The van der Waals surface area contributed by atoms with E-state index in [1.165, 1.54) is 0 Å². The van der Waals surface area contributed by atoms with Gasteiger partial charge in [0.25, 0.3) is 0 Å². The van der Waals surface area contributed by atoms with Gasteiger partial charge in [0.2, 0.25) is 0 Å². The van der Waals surface area contributed by atoms with Gasteiger partial charge in [-0.1, -0.05) is 20.8 Å². The van der Waals surface area contributed by atoms with E-state index in [9.17, 15) is 15.3 Å². The van der Waals surface area contributed by atoms with E-state index in [1.807, 2.05) is 27.7 Å². The van der Waals surface area contributed by atoms with Crippen molar-refractivity contribution in [3.05, 3.63) is 0 Å². The molecule has 0 aromatic rings. The van der Waals surface area contributed by atoms with Gasteiger partial charge in [-0.3, -0.25) is 0 Å². The Labute approximate surface area is 184 Å². The molecule has 0 saturated heterocycles. The number of hydrogen-bond donors (Lipinski definition) is 7. The predicted octanol–water partition coefficient (Wildman–Crippen LogP) is 1.35. The molecule has 9 N–H and O–H groups in total. The summed E-state index contributed by atoms with van der Waals surface area (Å²) in [6.45, 7) is 13.8. The summed E-state index contributed by atoms with van der Waals surface area (Å²) in [5, 5.41) is 46.0. The average molecular weight is 441 g/mol. The number of ether oxygens (including phenoxy) is 1. The van der Waals surface area contributed by atoms with Crippen molar-refractivity contribution < 1.29 is 30.3 Å². The van der Waals surface area contributed by atoms with Gasteiger partial charge in [0, 0.05) is 12.5 Å². The van der Waals surface area contributed by atoms with Crippen molar-refractivity contribution in [3.63, 3.8) is 0 Å². The van der Waals surface area contributed by atoms with Gasteiger partial charge in [-0.25, -0.2) is 0 Å². The predicted molar refractivity (Wildman–Crippen MR) is 123 cm³/mol. The lowest BCUT2D eigenvalue weighted by Gasteiger charge is -2.25. The molecule has 0 bridgehead atoms. The molecule has 0 heterocycles. The first-order chi connectivity index (χ1) is 13.8. The minimum Gasteiger partial charge on any atom is -0.394 e. The summed E-state index contributed by atoms with van der Waals surface area (Å²) in [6.07, 6.45) is 2.51. The molecule has 0 aliphatic heterocycles. The van der Waals surface area contributed by atoms with Gasteiger partial charge in [0.1, 0.15) is 0 Å². The molecule has 0 amide bonds. The third-order valence-electron chi connectivity index (χ3n) is 4.44. The largest absolute Gasteiger partial charge is 0.394 e. The van der Waals surface area contributed by atoms with Gasteiger partial charge in [-0.2, -0.15) is 0 Å². The molecule has 0 fully saturated rings. The van der Waals surface area contributed by atoms with Crippen molar-refractivity contribution in [1.29, 1.82) is 0 Å². The van der Waals surface area contributed by atoms with Crippen molar-refractivity contribution in [2.45, 2.75) is 104 Å². The van der Waals surface area contributed by atoms with Crippen molar-refractivity contribution in [2.75, 3.05) is 26.3 Å². The van der Waals surface area contributed by atoms with Gasteiger partial charge in [-0.15, -0.1) is 0 Å². The molecule has 0 radical (unpaired) electrons. The second-order valence-electron chi connectivity index (χ2n) is 8.65. The number of hydrogen-bond acceptors (Lipinski definition) is 8. The van der Waals surface area contributed by atoms with E-state index in [0.29, 0.717) is 32.0 Å². The first kappa shape index (κ1) is 34.3. The van der Waals surface area contributed by atoms with Crippen molar-refractivity contribution >= 4 is 0 Å². The topological polar surface area (TPSA) is 162 Å². The van der Waals surface area contributed by atoms with Gasteiger partial charge in [-0.05, 0) is 78.8 Å². The fourth-order valence-corrected chi connectivity index (χ4v) is 2.84. The summed E-state index contributed by atoms with van der Waals surface area (Å²) in [7, 11) is 0. The second-order valence-corrected chi connectivity index (χ2v) is 8.65. The molecule has 0 saturated carbocycles. The Balaban J connectivity index is -0.000000484. The number of aliphatic hydroxyl groups is 5. The molecule has 8 nitrogen and oxygen atoms in total. The van der Waals surface area contributed by atoms with Crippen LogP contribution < -0.4 is 11.5 Å². The highest BCUT2D eigenvalue weighted by Crippen LogP contribution is 2.23. The molecule has 4 atom stereocenters. The monoisotopic (exact) mass is 440 g/mol. The molecule has 30 heavy (non-hydrogen) atoms. The Hall–Kier alpha value is -0.320. The smallest absolute Gasteiger partial charge is 0.159 e. The number of rotatable bonds is 14. The molecule has 0 aromatic heterocycles. The van der Waals surface area contributed by atoms with Crippen LogP contribution in [0.15, 0.2) is 0 Å². The highest BCUT2D eigenvalue weighted by atomic mass is 16.6. The maximum atomic E-state index is 9.79. The lowest BCUT2D eigenvalue weighted by Crippen LogP contribution is -2.33. The molecular formula is C22H52N2O6. The maximum absolute atomic E-state index is 9.79. The van der Waals surface area contributed by atoms with Crippen LogP contribution in [0.5, 0.6) is 0 Å². The van der Waals surface area contributed by atoms with Crippen LogP contribution in [0.25, 0.3) is 0 Å². The molecule has 0 spiro atoms. The van der Waals surface area contributed by atoms with Crippen molar-refractivity contribution in [3.8, 4) is 0 Å². The van der Waals surface area contributed by atoms with Crippen LogP contribution in [0.2, 0.25) is 0 Å². The Kier molecular flexibility index (Phi) is 22.1. The molecule has 0 aliphatic carbocycles. The Morgan fingerprint density at radius 2 is 1.37 bits per heavy atom. The van der Waals surface area contributed by atoms with Crippen LogP contribution >= 0.6 is 0 Å². The van der Waals surface area contributed by atoms with E-state index in [2.05, 4.69) is 0 Å². The van der Waals surface area contributed by atoms with E-state index >= 15 is 0 Å². The number of nitrogens with two attached hydrogens (primary N) is 2. The van der Waals surface area contributed by atoms with E-state index in [0.717, 1.165) is 25.7 Å². The van der Waals surface area contributed by atoms with E-state index in [4.69, 9.17) is 26.4 Å². The molecule has 0 aromatic carbocycles. The summed E-state index contributed by atoms with van der Waals surface area (Å²) in [6, 6.07) is 0. The lowest BCUT2D eigenvalue weighted by atomic mass is 9.88. The van der Waals surface area contributed by atoms with E-state index in [-0.39, 0.29) is 12.5 Å². The third-order valence-corrected chi connectivity index (χ3v) is 4.44. The second kappa shape index (κ2) is 19.4. The first-order valence-electron chi connectivity index (χ1n) is 11.2. The fourth-order valence-electron chi connectivity index (χ4n) is 2.84. The quantitative estimate of drug-likeness (QED) is 0.157. The standard InChI is InChI=1S/C13H29NO3.C7H17NO3.C2H6/c1-12(2,15)10-11(7-8-14)6-5-9-17-13(3,4)16;1-5(7(11)4-9)6(10)2-3-8;1-2/h11,15-16H,5-10,14H2,1-4H3;5-7,9-11H,2-4,8H2,1H3;1-2H3. The zero-order valence-electron chi connectivity index (χ0n) is 20.5. The summed E-state index contributed by atoms with van der Waals surface area (Å²) in [5.41, 5.74) is 10.1. The molecule has 4 unspecified atom stereocenters. The average Bonchev–Trinajstić information content (AvgIpc) is 2.64. The van der Waals surface area contributed by atoms with Crippen molar-refractivity contribution in [2.24, 2.45) is 23.3 Å². The molecule has 0 aliphatic rings. The molecule has 8 heteroatoms. The summed E-state index contributed by atoms with van der Waals surface area (Å²) < 4.78 is 5.25. The minimum atomic E-state index is -1.06. The Bertz CT molecular complexity index is 359. The van der Waals surface area contributed by atoms with Crippen LogP contribution in [0.4, 0.5) is 0 Å². The number of aliphatic hydroxyl groups excluding tert-OH is 3. The maximum Gasteiger partial charge on any atom is 0.159 e. The van der Waals surface area contributed by atoms with Gasteiger partial charge >= 0.3 is 0 Å². The van der Waals surface area contributed by atoms with Crippen LogP contribution in [0.3, 0.4) is 0 Å². The normalized spacial score (nSPS) is 15.8. The van der Waals surface area contributed by atoms with Crippen LogP contribution in [-0.2, 0) is 4.74 Å². The fraction of sp³-hybridized carbons (Fsp3) is 1.00. The van der Waals surface area contributed by atoms with Crippen LogP contribution in [0, 0.1) is 11.8 Å². The van der Waals surface area contributed by atoms with E-state index < -0.39 is 23.6 Å². The first-order valence-corrected chi connectivity index (χ1v) is 11.2. The van der Waals surface area contributed by atoms with Gasteiger partial charge < -0.3 is 41.7 Å². The SMILES string of the molecule is CC.CC(C(O)CO)C(O)CCN.CC(C)(O)CC(CCN)CCCOC(C)(C)O. The zero-order chi connectivity index (χ0) is 24.4. The summed E-state index contributed by atoms with van der Waals surface area (Å²) in [4.78, 5) is 0. The molecule has 186 valence electrons. The summed E-state index contributed by atoms with van der Waals surface area (Å²) in [5.74, 6) is -0.950. The molecular weight excluding hydrogens is 388 g/mol. The zero-order valence-corrected chi connectivity index (χ0v) is 20.5. The van der Waals surface area contributed by atoms with Crippen LogP contribution in [0.1, 0.15) is 80.6 Å². The third kappa shape index (κ3) is 24.0. The highest BCUT2D eigenvalue weighted by molar-refractivity contribution is 4.73. The summed E-state index contributed by atoms with van der Waals surface area (Å²) >= 11 is 0.